The molecule has 3 rings (SSSR count). The average Bonchev–Trinajstić information content (AvgIpc) is 3.06. The Morgan fingerprint density at radius 1 is 1.36 bits per heavy atom. The van der Waals surface area contributed by atoms with Gasteiger partial charge in [0.05, 0.1) is 6.04 Å². The molecule has 2 fully saturated rings. The number of aromatic nitrogens is 2. The van der Waals surface area contributed by atoms with Crippen molar-refractivity contribution in [3.8, 4) is 0 Å². The molecule has 1 saturated heterocycles. The topological polar surface area (TPSA) is 84.4 Å². The molecule has 2 amide bonds. The van der Waals surface area contributed by atoms with Gasteiger partial charge in [-0.2, -0.15) is 0 Å². The van der Waals surface area contributed by atoms with Gasteiger partial charge in [0.1, 0.15) is 11.4 Å². The van der Waals surface area contributed by atoms with E-state index in [1.807, 2.05) is 20.8 Å². The fourth-order valence-corrected chi connectivity index (χ4v) is 3.08. The molecule has 2 heterocycles. The van der Waals surface area contributed by atoms with E-state index in [1.165, 1.54) is 0 Å². The molecule has 2 aliphatic rings. The van der Waals surface area contributed by atoms with Gasteiger partial charge in [0.15, 0.2) is 5.82 Å². The molecular weight excluding hydrogens is 320 g/mol. The van der Waals surface area contributed by atoms with E-state index in [0.717, 1.165) is 19.3 Å². The zero-order valence-electron chi connectivity index (χ0n) is 15.3. The van der Waals surface area contributed by atoms with Crippen molar-refractivity contribution in [3.05, 3.63) is 18.1 Å². The summed E-state index contributed by atoms with van der Waals surface area (Å²) in [5, 5.41) is 2.86. The molecule has 25 heavy (non-hydrogen) atoms. The van der Waals surface area contributed by atoms with Gasteiger partial charge in [-0.1, -0.05) is 6.92 Å². The molecule has 136 valence electrons. The van der Waals surface area contributed by atoms with E-state index in [1.54, 1.807) is 17.2 Å². The van der Waals surface area contributed by atoms with Gasteiger partial charge in [-0.05, 0) is 52.0 Å². The molecule has 0 spiro atoms. The minimum atomic E-state index is -0.540. The number of nitrogens with one attached hydrogen (secondary N) is 1. The zero-order chi connectivity index (χ0) is 18.2. The first kappa shape index (κ1) is 17.6. The number of anilines is 1. The Hall–Kier alpha value is -2.18. The van der Waals surface area contributed by atoms with Crippen LogP contribution in [0.4, 0.5) is 10.6 Å². The Morgan fingerprint density at radius 3 is 2.72 bits per heavy atom. The Bertz CT molecular complexity index is 671. The van der Waals surface area contributed by atoms with Crippen LogP contribution in [0.15, 0.2) is 12.3 Å². The summed E-state index contributed by atoms with van der Waals surface area (Å²) < 4.78 is 5.48. The number of carbonyl (C=O) groups is 2. The summed E-state index contributed by atoms with van der Waals surface area (Å²) in [5.74, 6) is 1.57. The summed E-state index contributed by atoms with van der Waals surface area (Å²) in [4.78, 5) is 35.0. The number of carbonyl (C=O) groups excluding carboxylic acids is 2. The van der Waals surface area contributed by atoms with Crippen LogP contribution < -0.4 is 5.32 Å². The Balaban J connectivity index is 1.71. The molecule has 7 nitrogen and oxygen atoms in total. The van der Waals surface area contributed by atoms with Crippen molar-refractivity contribution < 1.29 is 14.3 Å². The van der Waals surface area contributed by atoms with Gasteiger partial charge < -0.3 is 10.1 Å². The van der Waals surface area contributed by atoms with Crippen LogP contribution in [0.3, 0.4) is 0 Å². The molecule has 3 atom stereocenters. The summed E-state index contributed by atoms with van der Waals surface area (Å²) in [5.41, 5.74) is -0.540. The van der Waals surface area contributed by atoms with E-state index in [4.69, 9.17) is 4.74 Å². The van der Waals surface area contributed by atoms with E-state index in [9.17, 15) is 9.59 Å². The maximum atomic E-state index is 12.4. The van der Waals surface area contributed by atoms with E-state index in [2.05, 4.69) is 22.2 Å². The molecule has 1 aromatic heterocycles. The maximum Gasteiger partial charge on any atom is 0.410 e. The highest BCUT2D eigenvalue weighted by Gasteiger charge is 2.39. The van der Waals surface area contributed by atoms with Gasteiger partial charge in [0, 0.05) is 18.7 Å². The van der Waals surface area contributed by atoms with Gasteiger partial charge in [0.2, 0.25) is 5.91 Å². The molecule has 0 radical (unpaired) electrons. The van der Waals surface area contributed by atoms with Crippen LogP contribution in [0.2, 0.25) is 0 Å². The molecular formula is C18H26N4O3. The number of likely N-dealkylation sites (tertiary alicyclic amines) is 1. The minimum Gasteiger partial charge on any atom is -0.444 e. The standard InChI is InChI=1S/C18H26N4O3/c1-11-10-12(11)16(23)21-14-7-8-19-15(20-14)13-6-5-9-22(13)17(24)25-18(2,3)4/h7-8,11-13H,5-6,9-10H2,1-4H3,(H,19,20,21,23). The highest BCUT2D eigenvalue weighted by atomic mass is 16.6. The lowest BCUT2D eigenvalue weighted by molar-refractivity contribution is -0.117. The predicted octanol–water partition coefficient (Wildman–Crippen LogP) is 3.14. The highest BCUT2D eigenvalue weighted by molar-refractivity contribution is 5.93. The molecule has 1 aliphatic heterocycles. The van der Waals surface area contributed by atoms with Crippen LogP contribution in [0.1, 0.15) is 58.8 Å². The largest absolute Gasteiger partial charge is 0.444 e. The van der Waals surface area contributed by atoms with Gasteiger partial charge in [-0.3, -0.25) is 9.69 Å². The third-order valence-corrected chi connectivity index (χ3v) is 4.55. The van der Waals surface area contributed by atoms with Crippen molar-refractivity contribution in [1.29, 1.82) is 0 Å². The number of hydrogen-bond donors (Lipinski definition) is 1. The Labute approximate surface area is 148 Å². The molecule has 1 saturated carbocycles. The van der Waals surface area contributed by atoms with Crippen molar-refractivity contribution in [2.24, 2.45) is 11.8 Å². The Morgan fingerprint density at radius 2 is 2.08 bits per heavy atom. The first-order chi connectivity index (χ1) is 11.7. The number of amides is 2. The Kier molecular flexibility index (Phi) is 4.67. The summed E-state index contributed by atoms with van der Waals surface area (Å²) in [6.45, 7) is 8.23. The lowest BCUT2D eigenvalue weighted by atomic mass is 10.2. The summed E-state index contributed by atoms with van der Waals surface area (Å²) in [7, 11) is 0. The van der Waals surface area contributed by atoms with E-state index in [0.29, 0.717) is 24.1 Å². The molecule has 1 aliphatic carbocycles. The van der Waals surface area contributed by atoms with Gasteiger partial charge >= 0.3 is 6.09 Å². The molecule has 0 aromatic carbocycles. The predicted molar refractivity (Wildman–Crippen MR) is 92.8 cm³/mol. The van der Waals surface area contributed by atoms with Crippen LogP contribution in [-0.2, 0) is 9.53 Å². The number of hydrogen-bond acceptors (Lipinski definition) is 5. The van der Waals surface area contributed by atoms with Gasteiger partial charge in [-0.25, -0.2) is 14.8 Å². The lowest BCUT2D eigenvalue weighted by Gasteiger charge is -2.28. The smallest absolute Gasteiger partial charge is 0.410 e. The fourth-order valence-electron chi connectivity index (χ4n) is 3.08. The van der Waals surface area contributed by atoms with Crippen molar-refractivity contribution in [2.45, 2.75) is 58.6 Å². The van der Waals surface area contributed by atoms with Crippen molar-refractivity contribution in [1.82, 2.24) is 14.9 Å². The molecule has 0 bridgehead atoms. The molecule has 1 N–H and O–H groups in total. The SMILES string of the molecule is CC1CC1C(=O)Nc1ccnc(C2CCCN2C(=O)OC(C)(C)C)n1. The molecule has 7 heteroatoms. The number of rotatable bonds is 3. The minimum absolute atomic E-state index is 0.00701. The summed E-state index contributed by atoms with van der Waals surface area (Å²) in [6, 6.07) is 1.47. The van der Waals surface area contributed by atoms with Crippen molar-refractivity contribution >= 4 is 17.8 Å². The second-order valence-corrected chi connectivity index (χ2v) is 7.94. The van der Waals surface area contributed by atoms with Gasteiger partial charge in [0.25, 0.3) is 0 Å². The number of nitrogens with zero attached hydrogens (tertiary/aromatic N) is 3. The fraction of sp³-hybridized carbons (Fsp3) is 0.667. The van der Waals surface area contributed by atoms with Crippen molar-refractivity contribution in [3.63, 3.8) is 0 Å². The lowest BCUT2D eigenvalue weighted by Crippen LogP contribution is -2.37. The van der Waals surface area contributed by atoms with Crippen LogP contribution in [0.25, 0.3) is 0 Å². The average molecular weight is 346 g/mol. The monoisotopic (exact) mass is 346 g/mol. The van der Waals surface area contributed by atoms with Crippen LogP contribution in [0, 0.1) is 11.8 Å². The first-order valence-electron chi connectivity index (χ1n) is 8.88. The van der Waals surface area contributed by atoms with E-state index in [-0.39, 0.29) is 24.0 Å². The molecule has 1 aromatic rings. The molecule has 3 unspecified atom stereocenters. The number of ether oxygens (including phenoxy) is 1. The first-order valence-corrected chi connectivity index (χ1v) is 8.88. The van der Waals surface area contributed by atoms with Crippen LogP contribution in [0.5, 0.6) is 0 Å². The van der Waals surface area contributed by atoms with Crippen molar-refractivity contribution in [2.75, 3.05) is 11.9 Å². The highest BCUT2D eigenvalue weighted by Crippen LogP contribution is 2.38. The van der Waals surface area contributed by atoms with Gasteiger partial charge in [-0.15, -0.1) is 0 Å². The normalized spacial score (nSPS) is 25.6. The summed E-state index contributed by atoms with van der Waals surface area (Å²) in [6.07, 6.45) is 3.87. The van der Waals surface area contributed by atoms with E-state index >= 15 is 0 Å². The van der Waals surface area contributed by atoms with E-state index < -0.39 is 5.60 Å². The third kappa shape index (κ3) is 4.27. The second-order valence-electron chi connectivity index (χ2n) is 7.94. The third-order valence-electron chi connectivity index (χ3n) is 4.55. The summed E-state index contributed by atoms with van der Waals surface area (Å²) >= 11 is 0. The van der Waals surface area contributed by atoms with Crippen LogP contribution in [-0.4, -0.2) is 39.0 Å². The maximum absolute atomic E-state index is 12.4. The zero-order valence-corrected chi connectivity index (χ0v) is 15.3. The second kappa shape index (κ2) is 6.61. The van der Waals surface area contributed by atoms with Crippen LogP contribution >= 0.6 is 0 Å². The quantitative estimate of drug-likeness (QED) is 0.909.